The number of amides is 1. The summed E-state index contributed by atoms with van der Waals surface area (Å²) in [5, 5.41) is 11.4. The standard InChI is InChI=1S/C11H16N2O3/c1-9(8-14)12-10(15)5-7-13-6-3-2-4-11(13)16/h2-4,6,9,14H,5,7-8H2,1H3,(H,12,15). The topological polar surface area (TPSA) is 71.3 Å². The molecule has 0 saturated heterocycles. The van der Waals surface area contributed by atoms with Gasteiger partial charge in [0.25, 0.3) is 5.56 Å². The van der Waals surface area contributed by atoms with Gasteiger partial charge in [-0.2, -0.15) is 0 Å². The quantitative estimate of drug-likeness (QED) is 0.723. The summed E-state index contributed by atoms with van der Waals surface area (Å²) >= 11 is 0. The van der Waals surface area contributed by atoms with Crippen molar-refractivity contribution in [1.82, 2.24) is 9.88 Å². The number of pyridine rings is 1. The van der Waals surface area contributed by atoms with Crippen LogP contribution in [0.3, 0.4) is 0 Å². The average molecular weight is 224 g/mol. The molecule has 0 aliphatic carbocycles. The van der Waals surface area contributed by atoms with Crippen molar-refractivity contribution < 1.29 is 9.90 Å². The minimum atomic E-state index is -0.250. The summed E-state index contributed by atoms with van der Waals surface area (Å²) in [7, 11) is 0. The third-order valence-electron chi connectivity index (χ3n) is 2.16. The zero-order valence-electron chi connectivity index (χ0n) is 9.22. The van der Waals surface area contributed by atoms with Crippen LogP contribution in [-0.4, -0.2) is 28.2 Å². The van der Waals surface area contributed by atoms with Gasteiger partial charge in [-0.05, 0) is 13.0 Å². The van der Waals surface area contributed by atoms with Crippen molar-refractivity contribution in [2.45, 2.75) is 25.9 Å². The second kappa shape index (κ2) is 6.07. The zero-order valence-corrected chi connectivity index (χ0v) is 9.22. The van der Waals surface area contributed by atoms with Crippen LogP contribution in [0.2, 0.25) is 0 Å². The van der Waals surface area contributed by atoms with Crippen molar-refractivity contribution in [2.75, 3.05) is 6.61 Å². The van der Waals surface area contributed by atoms with Gasteiger partial charge in [0.1, 0.15) is 0 Å². The van der Waals surface area contributed by atoms with Crippen LogP contribution < -0.4 is 10.9 Å². The van der Waals surface area contributed by atoms with E-state index in [1.165, 1.54) is 10.6 Å². The Morgan fingerprint density at radius 2 is 2.31 bits per heavy atom. The number of nitrogens with zero attached hydrogens (tertiary/aromatic N) is 1. The van der Waals surface area contributed by atoms with E-state index in [-0.39, 0.29) is 30.5 Å². The number of hydrogen-bond acceptors (Lipinski definition) is 3. The van der Waals surface area contributed by atoms with E-state index in [2.05, 4.69) is 5.32 Å². The first kappa shape index (κ1) is 12.4. The Kier molecular flexibility index (Phi) is 4.72. The fourth-order valence-electron chi connectivity index (χ4n) is 1.26. The predicted octanol–water partition coefficient (Wildman–Crippen LogP) is -0.265. The van der Waals surface area contributed by atoms with E-state index < -0.39 is 0 Å². The molecule has 0 aromatic carbocycles. The van der Waals surface area contributed by atoms with Gasteiger partial charge in [-0.15, -0.1) is 0 Å². The van der Waals surface area contributed by atoms with Crippen LogP contribution in [0.15, 0.2) is 29.2 Å². The van der Waals surface area contributed by atoms with Gasteiger partial charge in [-0.3, -0.25) is 9.59 Å². The van der Waals surface area contributed by atoms with E-state index in [1.54, 1.807) is 25.3 Å². The highest BCUT2D eigenvalue weighted by molar-refractivity contribution is 5.76. The maximum atomic E-state index is 11.4. The van der Waals surface area contributed by atoms with Gasteiger partial charge in [0.15, 0.2) is 0 Å². The van der Waals surface area contributed by atoms with Crippen LogP contribution in [0.1, 0.15) is 13.3 Å². The van der Waals surface area contributed by atoms with Crippen LogP contribution in [-0.2, 0) is 11.3 Å². The lowest BCUT2D eigenvalue weighted by Gasteiger charge is -2.11. The van der Waals surface area contributed by atoms with Crippen LogP contribution in [0.4, 0.5) is 0 Å². The minimum absolute atomic E-state index is 0.0863. The number of aryl methyl sites for hydroxylation is 1. The SMILES string of the molecule is CC(CO)NC(=O)CCn1ccccc1=O. The summed E-state index contributed by atoms with van der Waals surface area (Å²) in [6.45, 7) is 1.98. The van der Waals surface area contributed by atoms with Crippen molar-refractivity contribution in [3.8, 4) is 0 Å². The van der Waals surface area contributed by atoms with Crippen LogP contribution >= 0.6 is 0 Å². The molecule has 2 N–H and O–H groups in total. The number of aromatic nitrogens is 1. The van der Waals surface area contributed by atoms with Crippen molar-refractivity contribution in [3.63, 3.8) is 0 Å². The molecule has 0 saturated carbocycles. The molecular weight excluding hydrogens is 208 g/mol. The number of carbonyl (C=O) groups excluding carboxylic acids is 1. The summed E-state index contributed by atoms with van der Waals surface area (Å²) in [5.74, 6) is -0.169. The second-order valence-corrected chi connectivity index (χ2v) is 3.63. The fraction of sp³-hybridized carbons (Fsp3) is 0.455. The van der Waals surface area contributed by atoms with Gasteiger partial charge in [0, 0.05) is 31.3 Å². The molecule has 5 nitrogen and oxygen atoms in total. The number of carbonyl (C=O) groups is 1. The largest absolute Gasteiger partial charge is 0.394 e. The highest BCUT2D eigenvalue weighted by atomic mass is 16.3. The molecule has 1 heterocycles. The highest BCUT2D eigenvalue weighted by Gasteiger charge is 2.06. The van der Waals surface area contributed by atoms with Crippen LogP contribution in [0.5, 0.6) is 0 Å². The molecule has 0 spiro atoms. The Balaban J connectivity index is 2.43. The van der Waals surface area contributed by atoms with E-state index >= 15 is 0 Å². The van der Waals surface area contributed by atoms with E-state index in [9.17, 15) is 9.59 Å². The molecule has 1 amide bonds. The highest BCUT2D eigenvalue weighted by Crippen LogP contribution is 1.89. The smallest absolute Gasteiger partial charge is 0.250 e. The lowest BCUT2D eigenvalue weighted by molar-refractivity contribution is -0.122. The van der Waals surface area contributed by atoms with Crippen molar-refractivity contribution in [2.24, 2.45) is 0 Å². The van der Waals surface area contributed by atoms with Gasteiger partial charge in [0.05, 0.1) is 6.61 Å². The molecule has 1 unspecified atom stereocenters. The molecule has 88 valence electrons. The summed E-state index contributed by atoms with van der Waals surface area (Å²) in [6, 6.07) is 4.61. The Bertz CT molecular complexity index is 400. The first-order valence-corrected chi connectivity index (χ1v) is 5.19. The normalized spacial score (nSPS) is 12.1. The van der Waals surface area contributed by atoms with Crippen LogP contribution in [0, 0.1) is 0 Å². The molecule has 1 rings (SSSR count). The predicted molar refractivity (Wildman–Crippen MR) is 60.0 cm³/mol. The van der Waals surface area contributed by atoms with Crippen molar-refractivity contribution >= 4 is 5.91 Å². The molecule has 0 fully saturated rings. The van der Waals surface area contributed by atoms with Gasteiger partial charge in [-0.25, -0.2) is 0 Å². The lowest BCUT2D eigenvalue weighted by Crippen LogP contribution is -2.35. The second-order valence-electron chi connectivity index (χ2n) is 3.63. The van der Waals surface area contributed by atoms with Crippen molar-refractivity contribution in [3.05, 3.63) is 34.7 Å². The molecule has 0 aliphatic heterocycles. The molecule has 5 heteroatoms. The summed E-state index contributed by atoms with van der Waals surface area (Å²) in [4.78, 5) is 22.7. The van der Waals surface area contributed by atoms with E-state index in [0.29, 0.717) is 6.54 Å². The first-order valence-electron chi connectivity index (χ1n) is 5.19. The fourth-order valence-corrected chi connectivity index (χ4v) is 1.26. The number of aliphatic hydroxyl groups excluding tert-OH is 1. The van der Waals surface area contributed by atoms with E-state index in [1.807, 2.05) is 0 Å². The van der Waals surface area contributed by atoms with Gasteiger partial charge in [0.2, 0.25) is 5.91 Å². The molecule has 1 aromatic rings. The Morgan fingerprint density at radius 1 is 1.56 bits per heavy atom. The first-order chi connectivity index (χ1) is 7.63. The van der Waals surface area contributed by atoms with E-state index in [4.69, 9.17) is 5.11 Å². The van der Waals surface area contributed by atoms with E-state index in [0.717, 1.165) is 0 Å². The number of rotatable bonds is 5. The van der Waals surface area contributed by atoms with Gasteiger partial charge >= 0.3 is 0 Å². The average Bonchev–Trinajstić information content (AvgIpc) is 2.28. The third-order valence-corrected chi connectivity index (χ3v) is 2.16. The molecule has 0 aliphatic rings. The van der Waals surface area contributed by atoms with Crippen LogP contribution in [0.25, 0.3) is 0 Å². The number of hydrogen-bond donors (Lipinski definition) is 2. The zero-order chi connectivity index (χ0) is 12.0. The Hall–Kier alpha value is -1.62. The van der Waals surface area contributed by atoms with Gasteiger partial charge < -0.3 is 15.0 Å². The summed E-state index contributed by atoms with van der Waals surface area (Å²) < 4.78 is 1.48. The Labute approximate surface area is 93.7 Å². The lowest BCUT2D eigenvalue weighted by atomic mass is 10.3. The minimum Gasteiger partial charge on any atom is -0.394 e. The maximum absolute atomic E-state index is 11.4. The maximum Gasteiger partial charge on any atom is 0.250 e. The number of aliphatic hydroxyl groups is 1. The van der Waals surface area contributed by atoms with Crippen molar-refractivity contribution in [1.29, 1.82) is 0 Å². The summed E-state index contributed by atoms with van der Waals surface area (Å²) in [5.41, 5.74) is -0.120. The molecule has 0 bridgehead atoms. The monoisotopic (exact) mass is 224 g/mol. The molecular formula is C11H16N2O3. The summed E-state index contributed by atoms with van der Waals surface area (Å²) in [6.07, 6.45) is 1.87. The molecule has 1 atom stereocenters. The molecule has 1 aromatic heterocycles. The third kappa shape index (κ3) is 3.86. The Morgan fingerprint density at radius 3 is 2.94 bits per heavy atom. The number of nitrogens with one attached hydrogen (secondary N) is 1. The molecule has 16 heavy (non-hydrogen) atoms. The van der Waals surface area contributed by atoms with Gasteiger partial charge in [-0.1, -0.05) is 6.07 Å². The molecule has 0 radical (unpaired) electrons.